The lowest BCUT2D eigenvalue weighted by atomic mass is 10.1. The molecule has 2 aliphatic rings. The Hall–Kier alpha value is -4.67. The van der Waals surface area contributed by atoms with Crippen molar-refractivity contribution in [2.45, 2.75) is 19.4 Å². The van der Waals surface area contributed by atoms with Gasteiger partial charge < -0.3 is 25.4 Å². The van der Waals surface area contributed by atoms with Crippen LogP contribution in [0.5, 0.6) is 11.5 Å². The lowest BCUT2D eigenvalue weighted by molar-refractivity contribution is -0.122. The van der Waals surface area contributed by atoms with Gasteiger partial charge in [0.1, 0.15) is 6.54 Å². The average Bonchev–Trinajstić information content (AvgIpc) is 3.65. The van der Waals surface area contributed by atoms with E-state index in [9.17, 15) is 19.2 Å². The summed E-state index contributed by atoms with van der Waals surface area (Å²) in [4.78, 5) is 48.7. The fourth-order valence-corrected chi connectivity index (χ4v) is 3.74. The van der Waals surface area contributed by atoms with Crippen LogP contribution < -0.4 is 31.0 Å². The van der Waals surface area contributed by atoms with Crippen LogP contribution in [0, 0.1) is 5.92 Å². The van der Waals surface area contributed by atoms with Crippen molar-refractivity contribution >= 4 is 23.4 Å². The van der Waals surface area contributed by atoms with Gasteiger partial charge in [-0.2, -0.15) is 5.10 Å². The van der Waals surface area contributed by atoms with Crippen molar-refractivity contribution in [3.63, 3.8) is 0 Å². The number of fused-ring (bicyclic) bond motifs is 1. The quantitative estimate of drug-likeness (QED) is 0.376. The monoisotopic (exact) mass is 503 g/mol. The van der Waals surface area contributed by atoms with E-state index < -0.39 is 11.5 Å². The Morgan fingerprint density at radius 3 is 2.46 bits per heavy atom. The molecule has 0 spiro atoms. The number of carbonyl (C=O) groups excluding carboxylic acids is 3. The third kappa shape index (κ3) is 5.95. The molecule has 1 aliphatic heterocycles. The van der Waals surface area contributed by atoms with E-state index in [0.717, 1.165) is 23.1 Å². The van der Waals surface area contributed by atoms with Crippen LogP contribution >= 0.6 is 0 Å². The Balaban J connectivity index is 1.09. The predicted octanol–water partition coefficient (Wildman–Crippen LogP) is 1.53. The van der Waals surface area contributed by atoms with Crippen molar-refractivity contribution in [3.8, 4) is 22.8 Å². The summed E-state index contributed by atoms with van der Waals surface area (Å²) in [5.74, 6) is 0.619. The minimum absolute atomic E-state index is 0.00469. The lowest BCUT2D eigenvalue weighted by Crippen LogP contribution is -2.38. The molecule has 3 N–H and O–H groups in total. The maximum Gasteiger partial charge on any atom is 0.267 e. The van der Waals surface area contributed by atoms with E-state index in [-0.39, 0.29) is 44.2 Å². The molecule has 37 heavy (non-hydrogen) atoms. The molecule has 1 saturated carbocycles. The first-order chi connectivity index (χ1) is 18.0. The molecular formula is C26H25N5O6. The number of anilines is 1. The van der Waals surface area contributed by atoms with Gasteiger partial charge in [0.15, 0.2) is 11.5 Å². The SMILES string of the molecule is O=C(Cn1nc(-c2ccc3c(c2)OCO3)ccc1=O)NCCNC(=O)c1ccc(NC(=O)C2CC2)cc1. The molecule has 190 valence electrons. The zero-order valence-electron chi connectivity index (χ0n) is 19.9. The number of carbonyl (C=O) groups is 3. The van der Waals surface area contributed by atoms with Gasteiger partial charge in [0.25, 0.3) is 11.5 Å². The second-order valence-corrected chi connectivity index (χ2v) is 8.73. The van der Waals surface area contributed by atoms with Gasteiger partial charge in [-0.1, -0.05) is 0 Å². The zero-order chi connectivity index (χ0) is 25.8. The number of amides is 3. The molecular weight excluding hydrogens is 478 g/mol. The summed E-state index contributed by atoms with van der Waals surface area (Å²) >= 11 is 0. The van der Waals surface area contributed by atoms with E-state index in [4.69, 9.17) is 9.47 Å². The number of aromatic nitrogens is 2. The highest BCUT2D eigenvalue weighted by atomic mass is 16.7. The first-order valence-corrected chi connectivity index (χ1v) is 11.9. The molecule has 0 bridgehead atoms. The summed E-state index contributed by atoms with van der Waals surface area (Å²) in [5, 5.41) is 12.5. The molecule has 1 aromatic heterocycles. The molecule has 3 aromatic rings. The minimum Gasteiger partial charge on any atom is -0.454 e. The van der Waals surface area contributed by atoms with Crippen LogP contribution in [0.2, 0.25) is 0 Å². The van der Waals surface area contributed by atoms with Crippen LogP contribution in [-0.4, -0.2) is 47.4 Å². The van der Waals surface area contributed by atoms with Crippen molar-refractivity contribution in [2.75, 3.05) is 25.2 Å². The van der Waals surface area contributed by atoms with Crippen LogP contribution in [0.25, 0.3) is 11.3 Å². The molecule has 11 heteroatoms. The molecule has 0 saturated heterocycles. The highest BCUT2D eigenvalue weighted by Crippen LogP contribution is 2.35. The maximum atomic E-state index is 12.4. The van der Waals surface area contributed by atoms with Crippen molar-refractivity contribution < 1.29 is 23.9 Å². The Bertz CT molecular complexity index is 1400. The first kappa shape index (κ1) is 24.0. The fraction of sp³-hybridized carbons (Fsp3) is 0.269. The molecule has 2 aromatic carbocycles. The normalized spacial score (nSPS) is 13.6. The first-order valence-electron chi connectivity index (χ1n) is 11.9. The number of hydrogen-bond donors (Lipinski definition) is 3. The fourth-order valence-electron chi connectivity index (χ4n) is 3.74. The topological polar surface area (TPSA) is 141 Å². The van der Waals surface area contributed by atoms with Gasteiger partial charge >= 0.3 is 0 Å². The summed E-state index contributed by atoms with van der Waals surface area (Å²) in [6.07, 6.45) is 1.84. The molecule has 3 amide bonds. The van der Waals surface area contributed by atoms with E-state index in [0.29, 0.717) is 28.4 Å². The molecule has 0 atom stereocenters. The summed E-state index contributed by atoms with van der Waals surface area (Å²) < 4.78 is 11.8. The average molecular weight is 504 g/mol. The summed E-state index contributed by atoms with van der Waals surface area (Å²) in [5.41, 5.74) is 1.90. The Labute approximate surface area is 211 Å². The van der Waals surface area contributed by atoms with Crippen molar-refractivity contribution in [1.29, 1.82) is 0 Å². The van der Waals surface area contributed by atoms with Gasteiger partial charge in [-0.25, -0.2) is 4.68 Å². The van der Waals surface area contributed by atoms with Gasteiger partial charge in [-0.3, -0.25) is 19.2 Å². The van der Waals surface area contributed by atoms with Gasteiger partial charge in [0, 0.05) is 41.9 Å². The molecule has 1 fully saturated rings. The van der Waals surface area contributed by atoms with Gasteiger partial charge in [-0.15, -0.1) is 0 Å². The number of benzene rings is 2. The molecule has 11 nitrogen and oxygen atoms in total. The molecule has 1 aliphatic carbocycles. The molecule has 5 rings (SSSR count). The number of nitrogens with zero attached hydrogens (tertiary/aromatic N) is 2. The molecule has 2 heterocycles. The smallest absolute Gasteiger partial charge is 0.267 e. The summed E-state index contributed by atoms with van der Waals surface area (Å²) in [6.45, 7) is 0.263. The van der Waals surface area contributed by atoms with Crippen molar-refractivity contribution in [3.05, 3.63) is 70.5 Å². The Kier molecular flexibility index (Phi) is 6.84. The van der Waals surface area contributed by atoms with Crippen molar-refractivity contribution in [1.82, 2.24) is 20.4 Å². The second-order valence-electron chi connectivity index (χ2n) is 8.73. The van der Waals surface area contributed by atoms with E-state index in [1.807, 2.05) is 0 Å². The van der Waals surface area contributed by atoms with Gasteiger partial charge in [0.2, 0.25) is 18.6 Å². The van der Waals surface area contributed by atoms with Crippen LogP contribution in [-0.2, 0) is 16.1 Å². The number of rotatable bonds is 9. The van der Waals surface area contributed by atoms with Crippen LogP contribution in [0.15, 0.2) is 59.4 Å². The van der Waals surface area contributed by atoms with E-state index >= 15 is 0 Å². The van der Waals surface area contributed by atoms with E-state index in [2.05, 4.69) is 21.0 Å². The minimum atomic E-state index is -0.414. The highest BCUT2D eigenvalue weighted by molar-refractivity contribution is 5.96. The Morgan fingerprint density at radius 2 is 1.68 bits per heavy atom. The lowest BCUT2D eigenvalue weighted by Gasteiger charge is -2.10. The predicted molar refractivity (Wildman–Crippen MR) is 133 cm³/mol. The summed E-state index contributed by atoms with van der Waals surface area (Å²) in [6, 6.07) is 14.9. The molecule has 0 unspecified atom stereocenters. The maximum absolute atomic E-state index is 12.4. The third-order valence-corrected chi connectivity index (χ3v) is 5.92. The standard InChI is InChI=1S/C26H25N5O6/c32-23(14-31-24(33)10-8-20(30-31)18-5-9-21-22(13-18)37-15-36-21)27-11-12-28-25(34)16-3-6-19(7-4-16)29-26(35)17-1-2-17/h3-10,13,17H,1-2,11-12,14-15H2,(H,27,32)(H,28,34)(H,29,35). The number of nitrogens with one attached hydrogen (secondary N) is 3. The highest BCUT2D eigenvalue weighted by Gasteiger charge is 2.29. The van der Waals surface area contributed by atoms with Crippen LogP contribution in [0.3, 0.4) is 0 Å². The second kappa shape index (κ2) is 10.5. The van der Waals surface area contributed by atoms with E-state index in [1.54, 1.807) is 48.5 Å². The zero-order valence-corrected chi connectivity index (χ0v) is 19.9. The molecule has 0 radical (unpaired) electrons. The largest absolute Gasteiger partial charge is 0.454 e. The van der Waals surface area contributed by atoms with Crippen molar-refractivity contribution in [2.24, 2.45) is 5.92 Å². The number of ether oxygens (including phenoxy) is 2. The Morgan fingerprint density at radius 1 is 0.919 bits per heavy atom. The van der Waals surface area contributed by atoms with Crippen LogP contribution in [0.1, 0.15) is 23.2 Å². The van der Waals surface area contributed by atoms with Crippen LogP contribution in [0.4, 0.5) is 5.69 Å². The number of hydrogen-bond acceptors (Lipinski definition) is 7. The summed E-state index contributed by atoms with van der Waals surface area (Å²) in [7, 11) is 0. The van der Waals surface area contributed by atoms with Gasteiger partial charge in [0.05, 0.1) is 5.69 Å². The van der Waals surface area contributed by atoms with Gasteiger partial charge in [-0.05, 0) is 61.4 Å². The third-order valence-electron chi connectivity index (χ3n) is 5.92. The van der Waals surface area contributed by atoms with E-state index in [1.165, 1.54) is 6.07 Å².